The number of pyridine rings is 1. The summed E-state index contributed by atoms with van der Waals surface area (Å²) >= 11 is 5.91. The summed E-state index contributed by atoms with van der Waals surface area (Å²) in [5.41, 5.74) is 1.06. The average molecular weight is 496 g/mol. The van der Waals surface area contributed by atoms with Crippen LogP contribution >= 0.6 is 11.6 Å². The van der Waals surface area contributed by atoms with Crippen molar-refractivity contribution in [3.05, 3.63) is 59.4 Å². The van der Waals surface area contributed by atoms with Gasteiger partial charge in [-0.25, -0.2) is 13.1 Å². The Bertz CT molecular complexity index is 953. The van der Waals surface area contributed by atoms with Crippen LogP contribution in [0, 0.1) is 5.92 Å². The Morgan fingerprint density at radius 2 is 1.88 bits per heavy atom. The number of unbranched alkanes of at least 4 members (excludes halogenated alkanes) is 2. The van der Waals surface area contributed by atoms with Crippen molar-refractivity contribution >= 4 is 27.6 Å². The number of ether oxygens (including phenoxy) is 1. The maximum absolute atomic E-state index is 13.0. The molecule has 0 radical (unpaired) electrons. The monoisotopic (exact) mass is 495 g/mol. The second-order valence-corrected chi connectivity index (χ2v) is 10.6. The van der Waals surface area contributed by atoms with E-state index in [2.05, 4.69) is 14.6 Å². The third kappa shape index (κ3) is 9.80. The van der Waals surface area contributed by atoms with Gasteiger partial charge < -0.3 is 4.74 Å². The molecular weight excluding hydrogens is 462 g/mol. The largest absolute Gasteiger partial charge is 0.469 e. The Labute approximate surface area is 202 Å². The lowest BCUT2D eigenvalue weighted by Gasteiger charge is -2.30. The Balaban J connectivity index is 2.07. The Morgan fingerprint density at radius 3 is 2.48 bits per heavy atom. The molecular formula is C24H34ClN3O4S. The summed E-state index contributed by atoms with van der Waals surface area (Å²) in [5.74, 6) is -0.110. The van der Waals surface area contributed by atoms with E-state index in [1.807, 2.05) is 32.2 Å². The number of nitrogens with one attached hydrogen (secondary N) is 1. The minimum Gasteiger partial charge on any atom is -0.469 e. The Hall–Kier alpha value is -2.00. The molecule has 0 saturated heterocycles. The van der Waals surface area contributed by atoms with Gasteiger partial charge >= 0.3 is 5.97 Å². The van der Waals surface area contributed by atoms with Crippen LogP contribution in [0.5, 0.6) is 0 Å². The van der Waals surface area contributed by atoms with E-state index in [9.17, 15) is 13.2 Å². The zero-order valence-electron chi connectivity index (χ0n) is 19.5. The van der Waals surface area contributed by atoms with Crippen molar-refractivity contribution in [3.63, 3.8) is 0 Å². The number of nitrogens with zero attached hydrogens (tertiary/aromatic N) is 2. The number of carbonyl (C=O) groups excluding carboxylic acids is 1. The van der Waals surface area contributed by atoms with Gasteiger partial charge in [0, 0.05) is 43.0 Å². The molecule has 0 aliphatic heterocycles. The van der Waals surface area contributed by atoms with Gasteiger partial charge in [0.1, 0.15) is 0 Å². The average Bonchev–Trinajstić information content (AvgIpc) is 2.78. The van der Waals surface area contributed by atoms with Gasteiger partial charge in [-0.2, -0.15) is 0 Å². The number of carbonyl (C=O) groups is 1. The number of methoxy groups -OCH3 is 1. The smallest absolute Gasteiger partial charge is 0.305 e. The molecule has 0 unspecified atom stereocenters. The van der Waals surface area contributed by atoms with Crippen molar-refractivity contribution in [3.8, 4) is 0 Å². The zero-order valence-corrected chi connectivity index (χ0v) is 21.1. The SMILES string of the molecule is COC(=O)CCCCCN(Cc1cccnc1)C[C@@H](NS(=O)(=O)c1ccc(Cl)cc1)C(C)C. The molecule has 0 amide bonds. The second kappa shape index (κ2) is 13.6. The number of hydrogen-bond donors (Lipinski definition) is 1. The fraction of sp³-hybridized carbons (Fsp3) is 0.500. The number of hydrogen-bond acceptors (Lipinski definition) is 6. The van der Waals surface area contributed by atoms with Crippen LogP contribution in [-0.2, 0) is 26.1 Å². The normalized spacial score (nSPS) is 12.8. The van der Waals surface area contributed by atoms with Gasteiger partial charge in [0.2, 0.25) is 10.0 Å². The number of aromatic nitrogens is 1. The highest BCUT2D eigenvalue weighted by molar-refractivity contribution is 7.89. The minimum absolute atomic E-state index is 0.0859. The molecule has 0 bridgehead atoms. The summed E-state index contributed by atoms with van der Waals surface area (Å²) in [4.78, 5) is 18.0. The van der Waals surface area contributed by atoms with Crippen molar-refractivity contribution < 1.29 is 17.9 Å². The Kier molecular flexibility index (Phi) is 11.3. The molecule has 7 nitrogen and oxygen atoms in total. The van der Waals surface area contributed by atoms with E-state index in [1.54, 1.807) is 18.3 Å². The highest BCUT2D eigenvalue weighted by Crippen LogP contribution is 2.17. The van der Waals surface area contributed by atoms with E-state index >= 15 is 0 Å². The van der Waals surface area contributed by atoms with Gasteiger partial charge in [-0.1, -0.05) is 37.9 Å². The molecule has 0 saturated carbocycles. The van der Waals surface area contributed by atoms with Crippen molar-refractivity contribution in [2.45, 2.75) is 57.0 Å². The molecule has 0 spiro atoms. The minimum atomic E-state index is -3.68. The molecule has 182 valence electrons. The molecule has 9 heteroatoms. The predicted molar refractivity (Wildman–Crippen MR) is 130 cm³/mol. The van der Waals surface area contributed by atoms with Crippen LogP contribution in [0.2, 0.25) is 5.02 Å². The van der Waals surface area contributed by atoms with Crippen molar-refractivity contribution in [2.75, 3.05) is 20.2 Å². The van der Waals surface area contributed by atoms with Crippen molar-refractivity contribution in [2.24, 2.45) is 5.92 Å². The van der Waals surface area contributed by atoms with Crippen LogP contribution in [0.1, 0.15) is 45.1 Å². The summed E-state index contributed by atoms with van der Waals surface area (Å²) in [6.45, 7) is 6.01. The number of halogens is 1. The summed E-state index contributed by atoms with van der Waals surface area (Å²) in [6.07, 6.45) is 6.52. The first-order valence-electron chi connectivity index (χ1n) is 11.2. The standard InChI is InChI=1S/C24H34ClN3O4S/c1-19(2)23(27-33(30,31)22-12-10-21(25)11-13-22)18-28(17-20-8-7-14-26-16-20)15-6-4-5-9-24(29)32-3/h7-8,10-14,16,19,23,27H,4-6,9,15,17-18H2,1-3H3/t23-/m1/s1. The van der Waals surface area contributed by atoms with E-state index in [0.717, 1.165) is 31.4 Å². The van der Waals surface area contributed by atoms with E-state index in [4.69, 9.17) is 16.3 Å². The van der Waals surface area contributed by atoms with Gasteiger partial charge in [-0.15, -0.1) is 0 Å². The molecule has 0 fully saturated rings. The van der Waals surface area contributed by atoms with E-state index in [1.165, 1.54) is 19.2 Å². The molecule has 0 aliphatic rings. The molecule has 1 aromatic heterocycles. The third-order valence-electron chi connectivity index (χ3n) is 5.40. The maximum Gasteiger partial charge on any atom is 0.305 e. The molecule has 2 rings (SSSR count). The van der Waals surface area contributed by atoms with Gasteiger partial charge in [-0.05, 0) is 61.2 Å². The zero-order chi connectivity index (χ0) is 24.3. The quantitative estimate of drug-likeness (QED) is 0.311. The van der Waals surface area contributed by atoms with Crippen molar-refractivity contribution in [1.82, 2.24) is 14.6 Å². The summed E-state index contributed by atoms with van der Waals surface area (Å²) in [5, 5.41) is 0.490. The van der Waals surface area contributed by atoms with Crippen LogP contribution in [0.4, 0.5) is 0 Å². The predicted octanol–water partition coefficient (Wildman–Crippen LogP) is 4.27. The number of benzene rings is 1. The van der Waals surface area contributed by atoms with Crippen LogP contribution in [0.3, 0.4) is 0 Å². The fourth-order valence-electron chi connectivity index (χ4n) is 3.41. The van der Waals surface area contributed by atoms with Crippen molar-refractivity contribution in [1.29, 1.82) is 0 Å². The lowest BCUT2D eigenvalue weighted by molar-refractivity contribution is -0.140. The lowest BCUT2D eigenvalue weighted by atomic mass is 10.0. The second-order valence-electron chi connectivity index (χ2n) is 8.41. The molecule has 1 heterocycles. The van der Waals surface area contributed by atoms with Crippen LogP contribution < -0.4 is 4.72 Å². The molecule has 1 atom stereocenters. The molecule has 2 aromatic rings. The van der Waals surface area contributed by atoms with Gasteiger partial charge in [0.05, 0.1) is 12.0 Å². The Morgan fingerprint density at radius 1 is 1.15 bits per heavy atom. The highest BCUT2D eigenvalue weighted by atomic mass is 35.5. The van der Waals surface area contributed by atoms with Gasteiger partial charge in [0.25, 0.3) is 0 Å². The van der Waals surface area contributed by atoms with Crippen LogP contribution in [0.25, 0.3) is 0 Å². The first kappa shape index (κ1) is 27.2. The fourth-order valence-corrected chi connectivity index (χ4v) is 4.91. The van der Waals surface area contributed by atoms with Gasteiger partial charge in [-0.3, -0.25) is 14.7 Å². The maximum atomic E-state index is 13.0. The molecule has 33 heavy (non-hydrogen) atoms. The summed E-state index contributed by atoms with van der Waals surface area (Å²) in [6, 6.07) is 9.80. The lowest BCUT2D eigenvalue weighted by Crippen LogP contribution is -2.46. The van der Waals surface area contributed by atoms with E-state index < -0.39 is 10.0 Å². The summed E-state index contributed by atoms with van der Waals surface area (Å²) in [7, 11) is -2.28. The number of esters is 1. The van der Waals surface area contributed by atoms with Gasteiger partial charge in [0.15, 0.2) is 0 Å². The van der Waals surface area contributed by atoms with E-state index in [0.29, 0.717) is 24.5 Å². The van der Waals surface area contributed by atoms with Crippen LogP contribution in [-0.4, -0.2) is 50.5 Å². The number of sulfonamides is 1. The summed E-state index contributed by atoms with van der Waals surface area (Å²) < 4.78 is 33.5. The van der Waals surface area contributed by atoms with Crippen LogP contribution in [0.15, 0.2) is 53.7 Å². The molecule has 1 N–H and O–H groups in total. The number of rotatable bonds is 14. The molecule has 0 aliphatic carbocycles. The molecule has 1 aromatic carbocycles. The van der Waals surface area contributed by atoms with E-state index in [-0.39, 0.29) is 22.8 Å². The third-order valence-corrected chi connectivity index (χ3v) is 7.16. The topological polar surface area (TPSA) is 88.6 Å². The highest BCUT2D eigenvalue weighted by Gasteiger charge is 2.24. The first-order valence-corrected chi connectivity index (χ1v) is 13.0. The first-order chi connectivity index (χ1) is 15.7.